The van der Waals surface area contributed by atoms with Crippen LogP contribution in [-0.2, 0) is 6.54 Å². The van der Waals surface area contributed by atoms with E-state index in [1.54, 1.807) is 11.3 Å². The Morgan fingerprint density at radius 1 is 1.24 bits per heavy atom. The SMILES string of the molecule is OC1CCN(Cc2ccnc(Nc3nc4ccc(Br)cc4s3)c2)CC1. The number of aromatic nitrogens is 2. The summed E-state index contributed by atoms with van der Waals surface area (Å²) in [5.41, 5.74) is 2.21. The monoisotopic (exact) mass is 418 g/mol. The molecule has 0 spiro atoms. The molecular weight excluding hydrogens is 400 g/mol. The van der Waals surface area contributed by atoms with Crippen molar-refractivity contribution in [2.75, 3.05) is 18.4 Å². The van der Waals surface area contributed by atoms with Gasteiger partial charge in [-0.05, 0) is 48.7 Å². The molecule has 1 aliphatic rings. The lowest BCUT2D eigenvalue weighted by Gasteiger charge is -2.29. The first kappa shape index (κ1) is 16.9. The highest BCUT2D eigenvalue weighted by Crippen LogP contribution is 2.30. The van der Waals surface area contributed by atoms with Crippen molar-refractivity contribution < 1.29 is 5.11 Å². The number of aliphatic hydroxyl groups is 1. The smallest absolute Gasteiger partial charge is 0.189 e. The quantitative estimate of drug-likeness (QED) is 0.665. The van der Waals surface area contributed by atoms with E-state index in [0.717, 1.165) is 58.1 Å². The topological polar surface area (TPSA) is 61.3 Å². The number of fused-ring (bicyclic) bond motifs is 1. The molecule has 2 aromatic heterocycles. The Kier molecular flexibility index (Phi) is 4.98. The minimum absolute atomic E-state index is 0.134. The van der Waals surface area contributed by atoms with Crippen LogP contribution >= 0.6 is 27.3 Å². The number of halogens is 1. The highest BCUT2D eigenvalue weighted by atomic mass is 79.9. The summed E-state index contributed by atoms with van der Waals surface area (Å²) in [6.07, 6.45) is 3.42. The lowest BCUT2D eigenvalue weighted by molar-refractivity contribution is 0.0792. The molecule has 0 amide bonds. The van der Waals surface area contributed by atoms with Crippen LogP contribution < -0.4 is 5.32 Å². The Balaban J connectivity index is 1.47. The van der Waals surface area contributed by atoms with E-state index in [9.17, 15) is 5.11 Å². The van der Waals surface area contributed by atoms with Gasteiger partial charge in [-0.15, -0.1) is 0 Å². The van der Waals surface area contributed by atoms with Gasteiger partial charge in [-0.1, -0.05) is 27.3 Å². The predicted octanol–water partition coefficient (Wildman–Crippen LogP) is 4.15. The van der Waals surface area contributed by atoms with Gasteiger partial charge in [0.25, 0.3) is 0 Å². The second-order valence-electron chi connectivity index (χ2n) is 6.31. The molecule has 130 valence electrons. The van der Waals surface area contributed by atoms with Gasteiger partial charge in [-0.3, -0.25) is 4.90 Å². The molecular formula is C18H19BrN4OS. The van der Waals surface area contributed by atoms with Crippen molar-refractivity contribution in [3.05, 3.63) is 46.6 Å². The van der Waals surface area contributed by atoms with Crippen molar-refractivity contribution in [2.45, 2.75) is 25.5 Å². The molecule has 0 saturated carbocycles. The van der Waals surface area contributed by atoms with E-state index in [1.807, 2.05) is 24.4 Å². The van der Waals surface area contributed by atoms with Crippen LogP contribution in [0.4, 0.5) is 10.9 Å². The van der Waals surface area contributed by atoms with E-state index in [0.29, 0.717) is 0 Å². The third-order valence-electron chi connectivity index (χ3n) is 4.37. The molecule has 4 rings (SSSR count). The Labute approximate surface area is 158 Å². The number of hydrogen-bond donors (Lipinski definition) is 2. The number of nitrogens with one attached hydrogen (secondary N) is 1. The van der Waals surface area contributed by atoms with Crippen LogP contribution in [0.2, 0.25) is 0 Å². The molecule has 1 saturated heterocycles. The third-order valence-corrected chi connectivity index (χ3v) is 5.80. The molecule has 0 atom stereocenters. The maximum atomic E-state index is 9.62. The molecule has 5 nitrogen and oxygen atoms in total. The zero-order valence-electron chi connectivity index (χ0n) is 13.7. The fourth-order valence-corrected chi connectivity index (χ4v) is 4.46. The van der Waals surface area contributed by atoms with Crippen molar-refractivity contribution >= 4 is 48.4 Å². The molecule has 2 N–H and O–H groups in total. The van der Waals surface area contributed by atoms with E-state index >= 15 is 0 Å². The number of hydrogen-bond acceptors (Lipinski definition) is 6. The van der Waals surface area contributed by atoms with E-state index in [1.165, 1.54) is 5.56 Å². The van der Waals surface area contributed by atoms with Crippen LogP contribution in [0.15, 0.2) is 41.0 Å². The van der Waals surface area contributed by atoms with E-state index in [2.05, 4.69) is 48.2 Å². The number of pyridine rings is 1. The van der Waals surface area contributed by atoms with E-state index in [4.69, 9.17) is 0 Å². The first-order chi connectivity index (χ1) is 12.2. The second-order valence-corrected chi connectivity index (χ2v) is 8.26. The van der Waals surface area contributed by atoms with Crippen LogP contribution in [0.3, 0.4) is 0 Å². The van der Waals surface area contributed by atoms with Crippen LogP contribution in [0, 0.1) is 0 Å². The van der Waals surface area contributed by atoms with Gasteiger partial charge in [0.05, 0.1) is 16.3 Å². The van der Waals surface area contributed by atoms with Gasteiger partial charge in [0.2, 0.25) is 0 Å². The Bertz CT molecular complexity index is 876. The molecule has 7 heteroatoms. The first-order valence-corrected chi connectivity index (χ1v) is 9.95. The molecule has 1 aliphatic heterocycles. The molecule has 1 fully saturated rings. The average molecular weight is 419 g/mol. The van der Waals surface area contributed by atoms with E-state index in [-0.39, 0.29) is 6.10 Å². The van der Waals surface area contributed by atoms with Gasteiger partial charge in [0, 0.05) is 30.3 Å². The summed E-state index contributed by atoms with van der Waals surface area (Å²) in [5.74, 6) is 0.813. The van der Waals surface area contributed by atoms with E-state index < -0.39 is 0 Å². The van der Waals surface area contributed by atoms with Crippen LogP contribution in [0.5, 0.6) is 0 Å². The second kappa shape index (κ2) is 7.37. The van der Waals surface area contributed by atoms with Gasteiger partial charge in [-0.25, -0.2) is 9.97 Å². The molecule has 25 heavy (non-hydrogen) atoms. The van der Waals surface area contributed by atoms with Gasteiger partial charge < -0.3 is 10.4 Å². The molecule has 3 heterocycles. The number of nitrogens with zero attached hydrogens (tertiary/aromatic N) is 3. The largest absolute Gasteiger partial charge is 0.393 e. The maximum absolute atomic E-state index is 9.62. The number of benzene rings is 1. The lowest BCUT2D eigenvalue weighted by Crippen LogP contribution is -2.35. The molecule has 0 aliphatic carbocycles. The zero-order valence-corrected chi connectivity index (χ0v) is 16.1. The van der Waals surface area contributed by atoms with Gasteiger partial charge in [0.15, 0.2) is 5.13 Å². The molecule has 3 aromatic rings. The van der Waals surface area contributed by atoms with Crippen molar-refractivity contribution in [3.63, 3.8) is 0 Å². The van der Waals surface area contributed by atoms with Crippen molar-refractivity contribution in [2.24, 2.45) is 0 Å². The van der Waals surface area contributed by atoms with Crippen LogP contribution in [0.1, 0.15) is 18.4 Å². The van der Waals surface area contributed by atoms with Crippen molar-refractivity contribution in [1.29, 1.82) is 0 Å². The fraction of sp³-hybridized carbons (Fsp3) is 0.333. The highest BCUT2D eigenvalue weighted by molar-refractivity contribution is 9.10. The number of aliphatic hydroxyl groups excluding tert-OH is 1. The number of anilines is 2. The Hall–Kier alpha value is -1.54. The number of likely N-dealkylation sites (tertiary alicyclic amines) is 1. The maximum Gasteiger partial charge on any atom is 0.189 e. The average Bonchev–Trinajstić information content (AvgIpc) is 2.98. The summed E-state index contributed by atoms with van der Waals surface area (Å²) >= 11 is 5.11. The predicted molar refractivity (Wildman–Crippen MR) is 105 cm³/mol. The van der Waals surface area contributed by atoms with Gasteiger partial charge in [-0.2, -0.15) is 0 Å². The summed E-state index contributed by atoms with van der Waals surface area (Å²) in [5, 5.41) is 13.8. The summed E-state index contributed by atoms with van der Waals surface area (Å²) in [7, 11) is 0. The minimum Gasteiger partial charge on any atom is -0.393 e. The minimum atomic E-state index is -0.134. The standard InChI is InChI=1S/C18H19BrN4OS/c19-13-1-2-15-16(10-13)25-18(21-15)22-17-9-12(3-6-20-17)11-23-7-4-14(24)5-8-23/h1-3,6,9-10,14,24H,4-5,7-8,11H2,(H,20,21,22). The molecule has 1 aromatic carbocycles. The van der Waals surface area contributed by atoms with Crippen molar-refractivity contribution in [1.82, 2.24) is 14.9 Å². The van der Waals surface area contributed by atoms with Crippen LogP contribution in [-0.4, -0.2) is 39.2 Å². The molecule has 0 unspecified atom stereocenters. The lowest BCUT2D eigenvalue weighted by atomic mass is 10.1. The van der Waals surface area contributed by atoms with Crippen LogP contribution in [0.25, 0.3) is 10.2 Å². The van der Waals surface area contributed by atoms with Gasteiger partial charge >= 0.3 is 0 Å². The normalized spacial score (nSPS) is 16.4. The molecule has 0 bridgehead atoms. The Morgan fingerprint density at radius 3 is 2.92 bits per heavy atom. The highest BCUT2D eigenvalue weighted by Gasteiger charge is 2.17. The summed E-state index contributed by atoms with van der Waals surface area (Å²) in [4.78, 5) is 11.4. The number of piperidine rings is 1. The van der Waals surface area contributed by atoms with Gasteiger partial charge in [0.1, 0.15) is 5.82 Å². The Morgan fingerprint density at radius 2 is 2.08 bits per heavy atom. The fourth-order valence-electron chi connectivity index (χ4n) is 3.04. The zero-order chi connectivity index (χ0) is 17.2. The molecule has 0 radical (unpaired) electrons. The summed E-state index contributed by atoms with van der Waals surface area (Å²) in [6.45, 7) is 2.77. The number of rotatable bonds is 4. The third kappa shape index (κ3) is 4.17. The summed E-state index contributed by atoms with van der Waals surface area (Å²) in [6, 6.07) is 10.2. The summed E-state index contributed by atoms with van der Waals surface area (Å²) < 4.78 is 2.20. The van der Waals surface area contributed by atoms with Crippen molar-refractivity contribution in [3.8, 4) is 0 Å². The first-order valence-electron chi connectivity index (χ1n) is 8.34. The number of thiazole rings is 1.